The lowest BCUT2D eigenvalue weighted by atomic mass is 10.1. The van der Waals surface area contributed by atoms with Crippen molar-refractivity contribution in [2.45, 2.75) is 20.8 Å². The number of hydrogen-bond acceptors (Lipinski definition) is 3. The Morgan fingerprint density at radius 2 is 1.68 bits per heavy atom. The van der Waals surface area contributed by atoms with Crippen molar-refractivity contribution < 1.29 is 4.79 Å². The maximum absolute atomic E-state index is 13.0. The molecular weight excluding hydrogens is 476 g/mol. The van der Waals surface area contributed by atoms with Crippen LogP contribution in [0.4, 0.5) is 5.69 Å². The van der Waals surface area contributed by atoms with Crippen molar-refractivity contribution >= 4 is 39.1 Å². The molecule has 0 aliphatic rings. The predicted octanol–water partition coefficient (Wildman–Crippen LogP) is 6.53. The third-order valence-corrected chi connectivity index (χ3v) is 5.72. The maximum Gasteiger partial charge on any atom is 0.295 e. The van der Waals surface area contributed by atoms with Crippen molar-refractivity contribution in [1.29, 1.82) is 0 Å². The molecule has 0 unspecified atom stereocenters. The van der Waals surface area contributed by atoms with Crippen LogP contribution in [0.5, 0.6) is 0 Å². The highest BCUT2D eigenvalue weighted by molar-refractivity contribution is 9.10. The van der Waals surface area contributed by atoms with Gasteiger partial charge in [0.15, 0.2) is 5.82 Å². The van der Waals surface area contributed by atoms with Crippen molar-refractivity contribution in [2.75, 3.05) is 5.32 Å². The molecule has 0 spiro atoms. The van der Waals surface area contributed by atoms with Crippen LogP contribution in [-0.4, -0.2) is 20.7 Å². The number of carbonyl (C=O) groups is 1. The highest BCUT2D eigenvalue weighted by Crippen LogP contribution is 2.27. The smallest absolute Gasteiger partial charge is 0.295 e. The van der Waals surface area contributed by atoms with Gasteiger partial charge in [-0.1, -0.05) is 57.9 Å². The third kappa shape index (κ3) is 4.55. The van der Waals surface area contributed by atoms with Crippen LogP contribution in [0.3, 0.4) is 0 Å². The number of nitrogens with zero attached hydrogens (tertiary/aromatic N) is 3. The number of rotatable bonds is 4. The van der Waals surface area contributed by atoms with Gasteiger partial charge in [-0.15, -0.1) is 5.10 Å². The standard InChI is InChI=1S/C24H20BrClN4O/c1-14-4-5-15(2)20(12-14)27-24(31)22-28-23(17-7-9-18(25)10-8-17)30(29-22)21-13-19(26)11-6-16(21)3/h4-13H,1-3H3,(H,27,31). The lowest BCUT2D eigenvalue weighted by molar-refractivity contribution is 0.101. The molecule has 1 amide bonds. The zero-order valence-corrected chi connectivity index (χ0v) is 19.6. The molecule has 5 nitrogen and oxygen atoms in total. The molecule has 31 heavy (non-hydrogen) atoms. The fourth-order valence-electron chi connectivity index (χ4n) is 3.22. The second-order valence-electron chi connectivity index (χ2n) is 7.38. The molecule has 0 aliphatic carbocycles. The first-order valence-electron chi connectivity index (χ1n) is 9.70. The Labute approximate surface area is 194 Å². The molecule has 1 aromatic heterocycles. The Bertz CT molecular complexity index is 1280. The molecule has 0 bridgehead atoms. The van der Waals surface area contributed by atoms with Crippen LogP contribution in [0.15, 0.2) is 65.1 Å². The zero-order valence-electron chi connectivity index (χ0n) is 17.3. The molecule has 0 fully saturated rings. The first-order chi connectivity index (χ1) is 14.8. The molecule has 4 aromatic rings. The first kappa shape index (κ1) is 21.3. The lowest BCUT2D eigenvalue weighted by Crippen LogP contribution is -2.15. The number of amides is 1. The van der Waals surface area contributed by atoms with Crippen LogP contribution in [-0.2, 0) is 0 Å². The van der Waals surface area contributed by atoms with Crippen LogP contribution >= 0.6 is 27.5 Å². The number of halogens is 2. The van der Waals surface area contributed by atoms with Gasteiger partial charge in [0.1, 0.15) is 0 Å². The topological polar surface area (TPSA) is 59.8 Å². The second-order valence-corrected chi connectivity index (χ2v) is 8.73. The van der Waals surface area contributed by atoms with E-state index in [0.29, 0.717) is 10.8 Å². The van der Waals surface area contributed by atoms with Gasteiger partial charge in [-0.05, 0) is 67.8 Å². The molecule has 1 heterocycles. The molecule has 0 atom stereocenters. The van der Waals surface area contributed by atoms with Gasteiger partial charge < -0.3 is 5.32 Å². The van der Waals surface area contributed by atoms with E-state index >= 15 is 0 Å². The van der Waals surface area contributed by atoms with Gasteiger partial charge >= 0.3 is 0 Å². The minimum atomic E-state index is -0.370. The number of nitrogens with one attached hydrogen (secondary N) is 1. The van der Waals surface area contributed by atoms with E-state index in [4.69, 9.17) is 11.6 Å². The van der Waals surface area contributed by atoms with Gasteiger partial charge in [0.25, 0.3) is 5.91 Å². The van der Waals surface area contributed by atoms with E-state index in [1.54, 1.807) is 4.68 Å². The monoisotopic (exact) mass is 494 g/mol. The van der Waals surface area contributed by atoms with Crippen LogP contribution < -0.4 is 5.32 Å². The van der Waals surface area contributed by atoms with Crippen molar-refractivity contribution in [3.05, 3.63) is 92.7 Å². The predicted molar refractivity (Wildman–Crippen MR) is 128 cm³/mol. The fraction of sp³-hybridized carbons (Fsp3) is 0.125. The number of carbonyl (C=O) groups excluding carboxylic acids is 1. The van der Waals surface area contributed by atoms with Crippen LogP contribution in [0.2, 0.25) is 5.02 Å². The van der Waals surface area contributed by atoms with E-state index in [0.717, 1.165) is 38.1 Å². The minimum absolute atomic E-state index is 0.0817. The van der Waals surface area contributed by atoms with Crippen molar-refractivity contribution in [2.24, 2.45) is 0 Å². The van der Waals surface area contributed by atoms with Gasteiger partial charge in [-0.2, -0.15) is 0 Å². The summed E-state index contributed by atoms with van der Waals surface area (Å²) in [5.41, 5.74) is 5.34. The first-order valence-corrected chi connectivity index (χ1v) is 10.9. The fourth-order valence-corrected chi connectivity index (χ4v) is 3.65. The summed E-state index contributed by atoms with van der Waals surface area (Å²) in [6.07, 6.45) is 0. The number of benzene rings is 3. The van der Waals surface area contributed by atoms with Crippen molar-refractivity contribution in [1.82, 2.24) is 14.8 Å². The van der Waals surface area contributed by atoms with Gasteiger partial charge in [0, 0.05) is 20.7 Å². The summed E-state index contributed by atoms with van der Waals surface area (Å²) in [6.45, 7) is 5.90. The SMILES string of the molecule is Cc1ccc(C)c(NC(=O)c2nc(-c3ccc(Br)cc3)n(-c3cc(Cl)ccc3C)n2)c1. The average molecular weight is 496 g/mol. The summed E-state index contributed by atoms with van der Waals surface area (Å²) in [7, 11) is 0. The van der Waals surface area contributed by atoms with E-state index in [1.807, 2.05) is 81.4 Å². The van der Waals surface area contributed by atoms with E-state index in [-0.39, 0.29) is 11.7 Å². The normalized spacial score (nSPS) is 10.9. The second kappa shape index (κ2) is 8.65. The molecule has 1 N–H and O–H groups in total. The van der Waals surface area contributed by atoms with E-state index in [9.17, 15) is 4.79 Å². The molecule has 0 radical (unpaired) electrons. The van der Waals surface area contributed by atoms with Gasteiger partial charge in [0.05, 0.1) is 5.69 Å². The number of aromatic nitrogens is 3. The largest absolute Gasteiger partial charge is 0.319 e. The summed E-state index contributed by atoms with van der Waals surface area (Å²) in [5.74, 6) is 0.271. The molecule has 0 saturated carbocycles. The van der Waals surface area contributed by atoms with E-state index in [1.165, 1.54) is 0 Å². The van der Waals surface area contributed by atoms with Gasteiger partial charge in [0.2, 0.25) is 5.82 Å². The molecule has 0 saturated heterocycles. The number of anilines is 1. The van der Waals surface area contributed by atoms with Crippen molar-refractivity contribution in [3.8, 4) is 17.1 Å². The zero-order chi connectivity index (χ0) is 22.1. The molecule has 156 valence electrons. The maximum atomic E-state index is 13.0. The summed E-state index contributed by atoms with van der Waals surface area (Å²) >= 11 is 9.70. The third-order valence-electron chi connectivity index (χ3n) is 4.95. The Kier molecular flexibility index (Phi) is 5.94. The Hall–Kier alpha value is -2.96. The summed E-state index contributed by atoms with van der Waals surface area (Å²) < 4.78 is 2.62. The highest BCUT2D eigenvalue weighted by atomic mass is 79.9. The minimum Gasteiger partial charge on any atom is -0.319 e. The van der Waals surface area contributed by atoms with Crippen LogP contribution in [0, 0.1) is 20.8 Å². The summed E-state index contributed by atoms with van der Waals surface area (Å²) in [5, 5.41) is 8.07. The number of hydrogen-bond donors (Lipinski definition) is 1. The lowest BCUT2D eigenvalue weighted by Gasteiger charge is -2.09. The van der Waals surface area contributed by atoms with Crippen molar-refractivity contribution in [3.63, 3.8) is 0 Å². The van der Waals surface area contributed by atoms with E-state index in [2.05, 4.69) is 31.3 Å². The van der Waals surface area contributed by atoms with Gasteiger partial charge in [-0.3, -0.25) is 4.79 Å². The van der Waals surface area contributed by atoms with Crippen LogP contribution in [0.25, 0.3) is 17.1 Å². The quantitative estimate of drug-likeness (QED) is 0.350. The average Bonchev–Trinajstić information content (AvgIpc) is 3.18. The summed E-state index contributed by atoms with van der Waals surface area (Å²) in [6, 6.07) is 19.2. The van der Waals surface area contributed by atoms with Crippen LogP contribution in [0.1, 0.15) is 27.3 Å². The van der Waals surface area contributed by atoms with Gasteiger partial charge in [-0.25, -0.2) is 9.67 Å². The Morgan fingerprint density at radius 3 is 2.42 bits per heavy atom. The summed E-state index contributed by atoms with van der Waals surface area (Å²) in [4.78, 5) is 17.6. The molecule has 4 rings (SSSR count). The molecular formula is C24H20BrClN4O. The molecule has 7 heteroatoms. The Balaban J connectivity index is 1.81. The number of aryl methyl sites for hydroxylation is 3. The van der Waals surface area contributed by atoms with E-state index < -0.39 is 0 Å². The molecule has 3 aromatic carbocycles. The molecule has 0 aliphatic heterocycles. The Morgan fingerprint density at radius 1 is 0.968 bits per heavy atom. The highest BCUT2D eigenvalue weighted by Gasteiger charge is 2.20.